The Hall–Kier alpha value is -1.43. The second kappa shape index (κ2) is 9.32. The van der Waals surface area contributed by atoms with Crippen LogP contribution in [0.25, 0.3) is 0 Å². The first-order chi connectivity index (χ1) is 11.6. The number of aromatic nitrogens is 1. The summed E-state index contributed by atoms with van der Waals surface area (Å²) in [5.41, 5.74) is 3.11. The van der Waals surface area contributed by atoms with Crippen LogP contribution in [0.4, 0.5) is 0 Å². The van der Waals surface area contributed by atoms with Crippen molar-refractivity contribution < 1.29 is 4.79 Å². The van der Waals surface area contributed by atoms with Crippen LogP contribution in [-0.4, -0.2) is 30.5 Å². The van der Waals surface area contributed by atoms with Gasteiger partial charge in [-0.3, -0.25) is 4.79 Å². The van der Waals surface area contributed by atoms with Gasteiger partial charge < -0.3 is 10.6 Å². The SMILES string of the molecule is CC(C)c1nc(CCNC(=O)c2ccc(C3CCNC3)cc2)cs1.Cl. The smallest absolute Gasteiger partial charge is 0.251 e. The lowest BCUT2D eigenvalue weighted by Gasteiger charge is -2.10. The van der Waals surface area contributed by atoms with Crippen molar-refractivity contribution in [1.82, 2.24) is 15.6 Å². The highest BCUT2D eigenvalue weighted by Gasteiger charge is 2.16. The summed E-state index contributed by atoms with van der Waals surface area (Å²) in [7, 11) is 0. The first-order valence-corrected chi connectivity index (χ1v) is 9.54. The molecule has 4 nitrogen and oxygen atoms in total. The molecule has 2 heterocycles. The second-order valence-electron chi connectivity index (χ2n) is 6.65. The predicted octanol–water partition coefficient (Wildman–Crippen LogP) is 3.74. The number of benzene rings is 1. The van der Waals surface area contributed by atoms with Crippen LogP contribution in [0.2, 0.25) is 0 Å². The Labute approximate surface area is 159 Å². The van der Waals surface area contributed by atoms with Crippen molar-refractivity contribution >= 4 is 29.7 Å². The lowest BCUT2D eigenvalue weighted by molar-refractivity contribution is 0.0954. The summed E-state index contributed by atoms with van der Waals surface area (Å²) in [6, 6.07) is 8.04. The Balaban J connectivity index is 0.00000225. The highest BCUT2D eigenvalue weighted by molar-refractivity contribution is 7.09. The molecule has 0 spiro atoms. The maximum absolute atomic E-state index is 12.2. The number of rotatable bonds is 6. The fourth-order valence-corrected chi connectivity index (χ4v) is 3.82. The molecule has 1 aliphatic rings. The van der Waals surface area contributed by atoms with E-state index in [9.17, 15) is 4.79 Å². The van der Waals surface area contributed by atoms with Crippen LogP contribution >= 0.6 is 23.7 Å². The Morgan fingerprint density at radius 3 is 2.72 bits per heavy atom. The Morgan fingerprint density at radius 1 is 1.36 bits per heavy atom. The van der Waals surface area contributed by atoms with Crippen molar-refractivity contribution in [3.63, 3.8) is 0 Å². The largest absolute Gasteiger partial charge is 0.352 e. The molecule has 1 fully saturated rings. The summed E-state index contributed by atoms with van der Waals surface area (Å²) >= 11 is 1.70. The summed E-state index contributed by atoms with van der Waals surface area (Å²) in [5.74, 6) is 1.04. The second-order valence-corrected chi connectivity index (χ2v) is 7.54. The molecule has 1 atom stereocenters. The standard InChI is InChI=1S/C19H25N3OS.ClH/c1-13(2)19-22-17(12-24-19)8-10-21-18(23)15-5-3-14(4-6-15)16-7-9-20-11-16;/h3-6,12-13,16,20H,7-11H2,1-2H3,(H,21,23);1H. The van der Waals surface area contributed by atoms with Crippen LogP contribution in [-0.2, 0) is 6.42 Å². The minimum absolute atomic E-state index is 0. The van der Waals surface area contributed by atoms with Crippen molar-refractivity contribution in [2.24, 2.45) is 0 Å². The summed E-state index contributed by atoms with van der Waals surface area (Å²) < 4.78 is 0. The lowest BCUT2D eigenvalue weighted by atomic mass is 9.97. The molecule has 1 saturated heterocycles. The van der Waals surface area contributed by atoms with Crippen molar-refractivity contribution in [3.05, 3.63) is 51.5 Å². The van der Waals surface area contributed by atoms with E-state index in [0.29, 0.717) is 18.4 Å². The van der Waals surface area contributed by atoms with Gasteiger partial charge in [0.05, 0.1) is 10.7 Å². The topological polar surface area (TPSA) is 54.0 Å². The average molecular weight is 380 g/mol. The Morgan fingerprint density at radius 2 is 2.12 bits per heavy atom. The van der Waals surface area contributed by atoms with Gasteiger partial charge in [0.15, 0.2) is 0 Å². The third-order valence-corrected chi connectivity index (χ3v) is 5.63. The molecule has 0 bridgehead atoms. The zero-order valence-electron chi connectivity index (χ0n) is 14.7. The van der Waals surface area contributed by atoms with Crippen molar-refractivity contribution in [2.75, 3.05) is 19.6 Å². The number of nitrogens with one attached hydrogen (secondary N) is 2. The number of carbonyl (C=O) groups excluding carboxylic acids is 1. The fraction of sp³-hybridized carbons (Fsp3) is 0.474. The van der Waals surface area contributed by atoms with E-state index in [-0.39, 0.29) is 18.3 Å². The highest BCUT2D eigenvalue weighted by Crippen LogP contribution is 2.22. The Kier molecular flexibility index (Phi) is 7.41. The maximum Gasteiger partial charge on any atom is 0.251 e. The van der Waals surface area contributed by atoms with Crippen molar-refractivity contribution in [2.45, 2.75) is 38.5 Å². The monoisotopic (exact) mass is 379 g/mol. The molecule has 25 heavy (non-hydrogen) atoms. The van der Waals surface area contributed by atoms with Crippen LogP contribution < -0.4 is 10.6 Å². The van der Waals surface area contributed by atoms with Crippen LogP contribution in [0.15, 0.2) is 29.6 Å². The molecule has 1 aromatic heterocycles. The molecule has 6 heteroatoms. The average Bonchev–Trinajstić information content (AvgIpc) is 3.27. The highest BCUT2D eigenvalue weighted by atomic mass is 35.5. The molecule has 1 amide bonds. The molecule has 1 aliphatic heterocycles. The van der Waals surface area contributed by atoms with E-state index in [2.05, 4.69) is 47.0 Å². The third kappa shape index (κ3) is 5.27. The van der Waals surface area contributed by atoms with Gasteiger partial charge in [0.25, 0.3) is 5.91 Å². The van der Waals surface area contributed by atoms with Gasteiger partial charge in [-0.15, -0.1) is 23.7 Å². The van der Waals surface area contributed by atoms with E-state index in [1.54, 1.807) is 11.3 Å². The fourth-order valence-electron chi connectivity index (χ4n) is 2.95. The normalized spacial score (nSPS) is 16.7. The number of hydrogen-bond acceptors (Lipinski definition) is 4. The van der Waals surface area contributed by atoms with Gasteiger partial charge >= 0.3 is 0 Å². The molecule has 2 aromatic rings. The molecule has 1 aromatic carbocycles. The third-order valence-electron chi connectivity index (χ3n) is 4.43. The molecule has 0 aliphatic carbocycles. The molecule has 2 N–H and O–H groups in total. The number of nitrogens with zero attached hydrogens (tertiary/aromatic N) is 1. The minimum Gasteiger partial charge on any atom is -0.352 e. The van der Waals surface area contributed by atoms with Gasteiger partial charge in [0.2, 0.25) is 0 Å². The van der Waals surface area contributed by atoms with Gasteiger partial charge in [0.1, 0.15) is 0 Å². The maximum atomic E-state index is 12.2. The Bertz CT molecular complexity index is 678. The van der Waals surface area contributed by atoms with Gasteiger partial charge in [-0.1, -0.05) is 26.0 Å². The molecule has 0 radical (unpaired) electrons. The van der Waals surface area contributed by atoms with E-state index < -0.39 is 0 Å². The minimum atomic E-state index is -0.00888. The van der Waals surface area contributed by atoms with Gasteiger partial charge in [-0.25, -0.2) is 4.98 Å². The molecular formula is C19H26ClN3OS. The number of hydrogen-bond donors (Lipinski definition) is 2. The predicted molar refractivity (Wildman–Crippen MR) is 106 cm³/mol. The van der Waals surface area contributed by atoms with Gasteiger partial charge in [-0.05, 0) is 36.6 Å². The molecule has 1 unspecified atom stereocenters. The molecule has 0 saturated carbocycles. The van der Waals surface area contributed by atoms with Crippen LogP contribution in [0, 0.1) is 0 Å². The zero-order valence-corrected chi connectivity index (χ0v) is 16.4. The number of amides is 1. The van der Waals surface area contributed by atoms with E-state index in [1.807, 2.05) is 12.1 Å². The number of carbonyl (C=O) groups is 1. The van der Waals surface area contributed by atoms with E-state index in [0.717, 1.165) is 35.8 Å². The summed E-state index contributed by atoms with van der Waals surface area (Å²) in [5, 5.41) is 9.61. The van der Waals surface area contributed by atoms with Crippen molar-refractivity contribution in [1.29, 1.82) is 0 Å². The van der Waals surface area contributed by atoms with Crippen LogP contribution in [0.5, 0.6) is 0 Å². The van der Waals surface area contributed by atoms with Crippen LogP contribution in [0.3, 0.4) is 0 Å². The van der Waals surface area contributed by atoms with Gasteiger partial charge in [0, 0.05) is 36.4 Å². The quantitative estimate of drug-likeness (QED) is 0.803. The van der Waals surface area contributed by atoms with Crippen LogP contribution in [0.1, 0.15) is 58.7 Å². The van der Waals surface area contributed by atoms with E-state index in [4.69, 9.17) is 0 Å². The first kappa shape index (κ1) is 19.9. The number of thiazole rings is 1. The number of halogens is 1. The van der Waals surface area contributed by atoms with Gasteiger partial charge in [-0.2, -0.15) is 0 Å². The summed E-state index contributed by atoms with van der Waals surface area (Å²) in [6.45, 7) is 7.04. The van der Waals surface area contributed by atoms with E-state index >= 15 is 0 Å². The molecule has 136 valence electrons. The van der Waals surface area contributed by atoms with E-state index in [1.165, 1.54) is 12.0 Å². The molecular weight excluding hydrogens is 354 g/mol. The summed E-state index contributed by atoms with van der Waals surface area (Å²) in [6.07, 6.45) is 1.96. The zero-order chi connectivity index (χ0) is 16.9. The lowest BCUT2D eigenvalue weighted by Crippen LogP contribution is -2.25. The molecule has 3 rings (SSSR count). The van der Waals surface area contributed by atoms with Crippen molar-refractivity contribution in [3.8, 4) is 0 Å². The first-order valence-electron chi connectivity index (χ1n) is 8.66. The summed E-state index contributed by atoms with van der Waals surface area (Å²) in [4.78, 5) is 16.8.